The Kier molecular flexibility index (Phi) is 8.68. The van der Waals surface area contributed by atoms with Gasteiger partial charge in [0.05, 0.1) is 13.2 Å². The third-order valence-corrected chi connectivity index (χ3v) is 3.98. The fourth-order valence-electron chi connectivity index (χ4n) is 2.77. The number of hydrogen-bond donors (Lipinski definition) is 2. The van der Waals surface area contributed by atoms with Crippen molar-refractivity contribution in [3.63, 3.8) is 0 Å². The molecule has 0 radical (unpaired) electrons. The van der Waals surface area contributed by atoms with E-state index in [1.54, 1.807) is 57.2 Å². The van der Waals surface area contributed by atoms with E-state index in [0.29, 0.717) is 43.2 Å². The van der Waals surface area contributed by atoms with E-state index in [9.17, 15) is 14.7 Å². The summed E-state index contributed by atoms with van der Waals surface area (Å²) in [7, 11) is 0. The minimum atomic E-state index is -0.917. The van der Waals surface area contributed by atoms with Crippen molar-refractivity contribution in [2.24, 2.45) is 0 Å². The molecule has 7 heteroatoms. The summed E-state index contributed by atoms with van der Waals surface area (Å²) in [6.45, 7) is 6.70. The largest absolute Gasteiger partial charge is 0.491 e. The molecule has 0 spiro atoms. The van der Waals surface area contributed by atoms with E-state index in [0.717, 1.165) is 0 Å². The first-order chi connectivity index (χ1) is 14.3. The van der Waals surface area contributed by atoms with Crippen molar-refractivity contribution in [2.75, 3.05) is 26.4 Å². The summed E-state index contributed by atoms with van der Waals surface area (Å²) in [5.74, 6) is -1.10. The molecule has 1 amide bonds. The highest BCUT2D eigenvalue weighted by molar-refractivity contribution is 5.80. The zero-order chi connectivity index (χ0) is 22.0. The molecule has 30 heavy (non-hydrogen) atoms. The van der Waals surface area contributed by atoms with Gasteiger partial charge in [-0.15, -0.1) is 0 Å². The van der Waals surface area contributed by atoms with Crippen LogP contribution in [0.15, 0.2) is 54.6 Å². The summed E-state index contributed by atoms with van der Waals surface area (Å²) in [4.78, 5) is 23.3. The predicted octanol–water partition coefficient (Wildman–Crippen LogP) is 3.82. The molecule has 0 fully saturated rings. The molecule has 0 aliphatic heterocycles. The lowest BCUT2D eigenvalue weighted by molar-refractivity contribution is -0.137. The fourth-order valence-corrected chi connectivity index (χ4v) is 2.77. The van der Waals surface area contributed by atoms with Crippen LogP contribution < -0.4 is 10.1 Å². The van der Waals surface area contributed by atoms with E-state index in [-0.39, 0.29) is 0 Å². The van der Waals surface area contributed by atoms with Crippen LogP contribution in [0.25, 0.3) is 0 Å². The normalized spacial score (nSPS) is 12.1. The number of aliphatic carboxylic acids is 1. The van der Waals surface area contributed by atoms with Crippen molar-refractivity contribution < 1.29 is 28.9 Å². The van der Waals surface area contributed by atoms with Gasteiger partial charge in [0.2, 0.25) is 0 Å². The summed E-state index contributed by atoms with van der Waals surface area (Å²) >= 11 is 0. The number of carbonyl (C=O) groups excluding carboxylic acids is 1. The second-order valence-electron chi connectivity index (χ2n) is 7.64. The third-order valence-electron chi connectivity index (χ3n) is 3.98. The first kappa shape index (κ1) is 23.2. The van der Waals surface area contributed by atoms with Crippen LogP contribution in [0, 0.1) is 0 Å². The standard InChI is InChI=1S/C23H29NO6/c1-23(2,3)30-22(27)24-12-13-28-14-15-29-19-11-7-10-18(16-19)20(21(25)26)17-8-5-4-6-9-17/h4-11,16,20H,12-15H2,1-3H3,(H,24,27)(H,25,26). The SMILES string of the molecule is CC(C)(C)OC(=O)NCCOCCOc1cccc(C(C(=O)O)c2ccccc2)c1. The Balaban J connectivity index is 1.77. The van der Waals surface area contributed by atoms with Crippen molar-refractivity contribution in [1.82, 2.24) is 5.32 Å². The van der Waals surface area contributed by atoms with E-state index in [1.807, 2.05) is 18.2 Å². The number of rotatable bonds is 10. The Bertz CT molecular complexity index is 816. The van der Waals surface area contributed by atoms with E-state index in [4.69, 9.17) is 14.2 Å². The minimum absolute atomic E-state index is 0.305. The Labute approximate surface area is 177 Å². The van der Waals surface area contributed by atoms with E-state index in [1.165, 1.54) is 0 Å². The Morgan fingerprint density at radius 1 is 0.967 bits per heavy atom. The summed E-state index contributed by atoms with van der Waals surface area (Å²) in [6.07, 6.45) is -0.481. The van der Waals surface area contributed by atoms with Crippen LogP contribution in [0.4, 0.5) is 4.79 Å². The highest BCUT2D eigenvalue weighted by Crippen LogP contribution is 2.27. The molecule has 1 atom stereocenters. The first-order valence-corrected chi connectivity index (χ1v) is 9.81. The molecule has 1 unspecified atom stereocenters. The van der Waals surface area contributed by atoms with Crippen LogP contribution in [0.5, 0.6) is 5.75 Å². The molecule has 162 valence electrons. The maximum absolute atomic E-state index is 11.8. The quantitative estimate of drug-likeness (QED) is 0.573. The zero-order valence-electron chi connectivity index (χ0n) is 17.6. The molecular weight excluding hydrogens is 386 g/mol. The van der Waals surface area contributed by atoms with Gasteiger partial charge in [0.1, 0.15) is 23.9 Å². The van der Waals surface area contributed by atoms with Gasteiger partial charge in [-0.25, -0.2) is 4.79 Å². The third kappa shape index (κ3) is 8.13. The van der Waals surface area contributed by atoms with Gasteiger partial charge in [-0.2, -0.15) is 0 Å². The molecule has 0 bridgehead atoms. The smallest absolute Gasteiger partial charge is 0.407 e. The number of alkyl carbamates (subject to hydrolysis) is 1. The van der Waals surface area contributed by atoms with Crippen molar-refractivity contribution in [3.05, 3.63) is 65.7 Å². The lowest BCUT2D eigenvalue weighted by Gasteiger charge is -2.19. The molecule has 2 aromatic rings. The molecule has 2 N–H and O–H groups in total. The van der Waals surface area contributed by atoms with Crippen molar-refractivity contribution in [1.29, 1.82) is 0 Å². The summed E-state index contributed by atoms with van der Waals surface area (Å²) in [6, 6.07) is 16.1. The van der Waals surface area contributed by atoms with Gasteiger partial charge in [0.25, 0.3) is 0 Å². The van der Waals surface area contributed by atoms with Gasteiger partial charge >= 0.3 is 12.1 Å². The van der Waals surface area contributed by atoms with E-state index >= 15 is 0 Å². The summed E-state index contributed by atoms with van der Waals surface area (Å²) in [5.41, 5.74) is 0.824. The molecule has 0 saturated carbocycles. The van der Waals surface area contributed by atoms with Gasteiger partial charge in [-0.3, -0.25) is 4.79 Å². The van der Waals surface area contributed by atoms with Crippen LogP contribution in [0.3, 0.4) is 0 Å². The summed E-state index contributed by atoms with van der Waals surface area (Å²) < 4.78 is 16.2. The van der Waals surface area contributed by atoms with Gasteiger partial charge in [0.15, 0.2) is 0 Å². The molecule has 2 aromatic carbocycles. The second-order valence-corrected chi connectivity index (χ2v) is 7.64. The van der Waals surface area contributed by atoms with Crippen molar-refractivity contribution in [3.8, 4) is 5.75 Å². The molecule has 0 aliphatic carbocycles. The number of nitrogens with one attached hydrogen (secondary N) is 1. The van der Waals surface area contributed by atoms with Crippen molar-refractivity contribution >= 4 is 12.1 Å². The topological polar surface area (TPSA) is 94.1 Å². The van der Waals surface area contributed by atoms with Gasteiger partial charge < -0.3 is 24.6 Å². The Morgan fingerprint density at radius 3 is 2.33 bits per heavy atom. The number of benzene rings is 2. The highest BCUT2D eigenvalue weighted by Gasteiger charge is 2.22. The maximum atomic E-state index is 11.8. The molecule has 0 heterocycles. The van der Waals surface area contributed by atoms with Gasteiger partial charge in [-0.1, -0.05) is 42.5 Å². The van der Waals surface area contributed by atoms with E-state index < -0.39 is 23.6 Å². The predicted molar refractivity (Wildman–Crippen MR) is 113 cm³/mol. The summed E-state index contributed by atoms with van der Waals surface area (Å²) in [5, 5.41) is 12.3. The lowest BCUT2D eigenvalue weighted by Crippen LogP contribution is -2.34. The van der Waals surface area contributed by atoms with Crippen LogP contribution in [-0.4, -0.2) is 49.1 Å². The number of carboxylic acid groups (broad SMARTS) is 1. The maximum Gasteiger partial charge on any atom is 0.407 e. The van der Waals surface area contributed by atoms with Crippen LogP contribution >= 0.6 is 0 Å². The lowest BCUT2D eigenvalue weighted by atomic mass is 9.91. The Morgan fingerprint density at radius 2 is 1.67 bits per heavy atom. The molecular formula is C23H29NO6. The van der Waals surface area contributed by atoms with Crippen LogP contribution in [0.2, 0.25) is 0 Å². The van der Waals surface area contributed by atoms with Gasteiger partial charge in [0, 0.05) is 6.54 Å². The Hall–Kier alpha value is -3.06. The monoisotopic (exact) mass is 415 g/mol. The fraction of sp³-hybridized carbons (Fsp3) is 0.391. The average molecular weight is 415 g/mol. The van der Waals surface area contributed by atoms with Crippen LogP contribution in [-0.2, 0) is 14.3 Å². The number of ether oxygens (including phenoxy) is 3. The molecule has 7 nitrogen and oxygen atoms in total. The molecule has 0 saturated heterocycles. The first-order valence-electron chi connectivity index (χ1n) is 9.81. The minimum Gasteiger partial charge on any atom is -0.491 e. The van der Waals surface area contributed by atoms with Gasteiger partial charge in [-0.05, 0) is 44.0 Å². The molecule has 0 aliphatic rings. The molecule has 0 aromatic heterocycles. The zero-order valence-corrected chi connectivity index (χ0v) is 17.6. The number of hydrogen-bond acceptors (Lipinski definition) is 5. The number of amides is 1. The number of carbonyl (C=O) groups is 2. The highest BCUT2D eigenvalue weighted by atomic mass is 16.6. The second kappa shape index (κ2) is 11.2. The molecule has 2 rings (SSSR count). The number of carboxylic acids is 1. The van der Waals surface area contributed by atoms with E-state index in [2.05, 4.69) is 5.32 Å². The van der Waals surface area contributed by atoms with Crippen LogP contribution in [0.1, 0.15) is 37.8 Å². The average Bonchev–Trinajstić information content (AvgIpc) is 2.67. The van der Waals surface area contributed by atoms with Crippen molar-refractivity contribution in [2.45, 2.75) is 32.3 Å².